The summed E-state index contributed by atoms with van der Waals surface area (Å²) < 4.78 is 11.2. The van der Waals surface area contributed by atoms with E-state index in [4.69, 9.17) is 9.47 Å². The molecule has 0 spiro atoms. The first-order valence-electron chi connectivity index (χ1n) is 11.4. The molecule has 0 bridgehead atoms. The van der Waals surface area contributed by atoms with Crippen molar-refractivity contribution in [2.24, 2.45) is 0 Å². The minimum Gasteiger partial charge on any atom is -0.489 e. The fourth-order valence-electron chi connectivity index (χ4n) is 3.63. The van der Waals surface area contributed by atoms with Crippen LogP contribution in [-0.4, -0.2) is 23.6 Å². The summed E-state index contributed by atoms with van der Waals surface area (Å²) in [6.07, 6.45) is 2.27. The van der Waals surface area contributed by atoms with Crippen LogP contribution in [0.1, 0.15) is 18.1 Å². The van der Waals surface area contributed by atoms with Gasteiger partial charge in [0.25, 0.3) is 0 Å². The molecule has 4 aromatic rings. The molecule has 1 aromatic heterocycles. The molecule has 0 saturated heterocycles. The van der Waals surface area contributed by atoms with Crippen molar-refractivity contribution in [1.82, 2.24) is 4.98 Å². The van der Waals surface area contributed by atoms with Gasteiger partial charge in [-0.05, 0) is 54.4 Å². The molecular formula is C29H28N2O3. The van der Waals surface area contributed by atoms with E-state index in [9.17, 15) is 4.79 Å². The van der Waals surface area contributed by atoms with E-state index < -0.39 is 6.04 Å². The Labute approximate surface area is 200 Å². The van der Waals surface area contributed by atoms with Crippen molar-refractivity contribution in [3.05, 3.63) is 114 Å². The smallest absolute Gasteiger partial charge is 0.328 e. The SMILES string of the molecule is CCOC(=O)C(Cc1ccccc1)Nc1ccnc(-c2ccc(OCc3ccccc3)cc2)c1. The lowest BCUT2D eigenvalue weighted by atomic mass is 10.1. The average Bonchev–Trinajstić information content (AvgIpc) is 2.89. The van der Waals surface area contributed by atoms with Crippen molar-refractivity contribution in [2.75, 3.05) is 11.9 Å². The second-order valence-corrected chi connectivity index (χ2v) is 7.87. The predicted octanol–water partition coefficient (Wildman–Crippen LogP) is 5.91. The van der Waals surface area contributed by atoms with Gasteiger partial charge in [0.15, 0.2) is 0 Å². The highest BCUT2D eigenvalue weighted by atomic mass is 16.5. The Morgan fingerprint density at radius 3 is 2.24 bits per heavy atom. The first-order chi connectivity index (χ1) is 16.7. The Morgan fingerprint density at radius 1 is 0.882 bits per heavy atom. The van der Waals surface area contributed by atoms with Gasteiger partial charge in [0.2, 0.25) is 0 Å². The minimum absolute atomic E-state index is 0.273. The monoisotopic (exact) mass is 452 g/mol. The van der Waals surface area contributed by atoms with E-state index in [2.05, 4.69) is 10.3 Å². The first kappa shape index (κ1) is 23.1. The molecule has 1 unspecified atom stereocenters. The second kappa shape index (κ2) is 11.7. The van der Waals surface area contributed by atoms with Gasteiger partial charge >= 0.3 is 5.97 Å². The maximum atomic E-state index is 12.6. The summed E-state index contributed by atoms with van der Waals surface area (Å²) in [6, 6.07) is 31.1. The molecule has 3 aromatic carbocycles. The normalized spacial score (nSPS) is 11.4. The molecular weight excluding hydrogens is 424 g/mol. The van der Waals surface area contributed by atoms with Gasteiger partial charge in [0, 0.05) is 23.9 Å². The number of anilines is 1. The van der Waals surface area contributed by atoms with Crippen LogP contribution in [0, 0.1) is 0 Å². The Kier molecular flexibility index (Phi) is 7.90. The molecule has 34 heavy (non-hydrogen) atoms. The van der Waals surface area contributed by atoms with Crippen molar-refractivity contribution in [2.45, 2.75) is 26.0 Å². The van der Waals surface area contributed by atoms with Crippen molar-refractivity contribution in [3.63, 3.8) is 0 Å². The third kappa shape index (κ3) is 6.45. The molecule has 1 heterocycles. The Balaban J connectivity index is 1.45. The molecule has 5 nitrogen and oxygen atoms in total. The number of rotatable bonds is 10. The van der Waals surface area contributed by atoms with Gasteiger partial charge in [-0.2, -0.15) is 0 Å². The molecule has 0 fully saturated rings. The van der Waals surface area contributed by atoms with Crippen LogP contribution in [0.25, 0.3) is 11.3 Å². The molecule has 4 rings (SSSR count). The van der Waals surface area contributed by atoms with Crippen molar-refractivity contribution in [1.29, 1.82) is 0 Å². The predicted molar refractivity (Wildman–Crippen MR) is 135 cm³/mol. The minimum atomic E-state index is -0.494. The Bertz CT molecular complexity index is 1180. The highest BCUT2D eigenvalue weighted by molar-refractivity contribution is 5.80. The Morgan fingerprint density at radius 2 is 1.56 bits per heavy atom. The van der Waals surface area contributed by atoms with Crippen LogP contribution in [-0.2, 0) is 22.6 Å². The lowest BCUT2D eigenvalue weighted by molar-refractivity contribution is -0.144. The molecule has 1 N–H and O–H groups in total. The molecule has 0 aliphatic carbocycles. The second-order valence-electron chi connectivity index (χ2n) is 7.87. The number of carbonyl (C=O) groups is 1. The van der Waals surface area contributed by atoms with Gasteiger partial charge in [-0.1, -0.05) is 60.7 Å². The van der Waals surface area contributed by atoms with Gasteiger partial charge in [-0.3, -0.25) is 4.98 Å². The van der Waals surface area contributed by atoms with E-state index >= 15 is 0 Å². The van der Waals surface area contributed by atoms with Gasteiger partial charge in [-0.15, -0.1) is 0 Å². The van der Waals surface area contributed by atoms with E-state index in [1.165, 1.54) is 0 Å². The van der Waals surface area contributed by atoms with Crippen molar-refractivity contribution < 1.29 is 14.3 Å². The average molecular weight is 453 g/mol. The van der Waals surface area contributed by atoms with Gasteiger partial charge in [0.1, 0.15) is 18.4 Å². The number of benzene rings is 3. The molecule has 172 valence electrons. The third-order valence-corrected chi connectivity index (χ3v) is 5.35. The van der Waals surface area contributed by atoms with E-state index in [0.29, 0.717) is 19.6 Å². The molecule has 0 saturated carbocycles. The summed E-state index contributed by atoms with van der Waals surface area (Å²) in [5, 5.41) is 3.33. The summed E-state index contributed by atoms with van der Waals surface area (Å²) in [5.41, 5.74) is 4.77. The number of ether oxygens (including phenoxy) is 2. The summed E-state index contributed by atoms with van der Waals surface area (Å²) in [6.45, 7) is 2.68. The molecule has 0 aliphatic rings. The molecule has 5 heteroatoms. The van der Waals surface area contributed by atoms with Crippen LogP contribution in [0.5, 0.6) is 5.75 Å². The largest absolute Gasteiger partial charge is 0.489 e. The van der Waals surface area contributed by atoms with Crippen LogP contribution in [0.3, 0.4) is 0 Å². The van der Waals surface area contributed by atoms with Crippen LogP contribution in [0.2, 0.25) is 0 Å². The van der Waals surface area contributed by atoms with E-state index in [1.54, 1.807) is 6.20 Å². The van der Waals surface area contributed by atoms with E-state index in [1.807, 2.05) is 104 Å². The van der Waals surface area contributed by atoms with Gasteiger partial charge < -0.3 is 14.8 Å². The number of pyridine rings is 1. The molecule has 0 radical (unpaired) electrons. The fourth-order valence-corrected chi connectivity index (χ4v) is 3.63. The van der Waals surface area contributed by atoms with Crippen molar-refractivity contribution >= 4 is 11.7 Å². The first-order valence-corrected chi connectivity index (χ1v) is 11.4. The lowest BCUT2D eigenvalue weighted by Crippen LogP contribution is -2.33. The van der Waals surface area contributed by atoms with Gasteiger partial charge in [-0.25, -0.2) is 4.79 Å². The number of esters is 1. The maximum absolute atomic E-state index is 12.6. The third-order valence-electron chi connectivity index (χ3n) is 5.35. The Hall–Kier alpha value is -4.12. The zero-order valence-electron chi connectivity index (χ0n) is 19.2. The zero-order chi connectivity index (χ0) is 23.6. The molecule has 1 atom stereocenters. The number of aromatic nitrogens is 1. The van der Waals surface area contributed by atoms with Crippen molar-refractivity contribution in [3.8, 4) is 17.0 Å². The van der Waals surface area contributed by atoms with Crippen LogP contribution in [0.4, 0.5) is 5.69 Å². The van der Waals surface area contributed by atoms with Crippen LogP contribution < -0.4 is 10.1 Å². The highest BCUT2D eigenvalue weighted by Crippen LogP contribution is 2.24. The highest BCUT2D eigenvalue weighted by Gasteiger charge is 2.20. The molecule has 0 aliphatic heterocycles. The van der Waals surface area contributed by atoms with Crippen LogP contribution >= 0.6 is 0 Å². The fraction of sp³-hybridized carbons (Fsp3) is 0.172. The number of nitrogens with one attached hydrogen (secondary N) is 1. The van der Waals surface area contributed by atoms with Crippen LogP contribution in [0.15, 0.2) is 103 Å². The summed E-state index contributed by atoms with van der Waals surface area (Å²) in [5.74, 6) is 0.525. The lowest BCUT2D eigenvalue weighted by Gasteiger charge is -2.19. The number of carbonyl (C=O) groups excluding carboxylic acids is 1. The maximum Gasteiger partial charge on any atom is 0.328 e. The zero-order valence-corrected chi connectivity index (χ0v) is 19.2. The number of hydrogen-bond donors (Lipinski definition) is 1. The topological polar surface area (TPSA) is 60.5 Å². The molecule has 0 amide bonds. The van der Waals surface area contributed by atoms with E-state index in [0.717, 1.165) is 33.8 Å². The number of hydrogen-bond acceptors (Lipinski definition) is 5. The summed E-state index contributed by atoms with van der Waals surface area (Å²) in [7, 11) is 0. The van der Waals surface area contributed by atoms with Gasteiger partial charge in [0.05, 0.1) is 12.3 Å². The summed E-state index contributed by atoms with van der Waals surface area (Å²) in [4.78, 5) is 17.1. The number of nitrogens with zero attached hydrogens (tertiary/aromatic N) is 1. The standard InChI is InChI=1S/C29H28N2O3/c1-2-33-29(32)28(19-22-9-5-3-6-10-22)31-25-17-18-30-27(20-25)24-13-15-26(16-14-24)34-21-23-11-7-4-8-12-23/h3-18,20,28H,2,19,21H2,1H3,(H,30,31). The quantitative estimate of drug-likeness (QED) is 0.303. The van der Waals surface area contributed by atoms with E-state index in [-0.39, 0.29) is 5.97 Å². The summed E-state index contributed by atoms with van der Waals surface area (Å²) >= 11 is 0.